The van der Waals surface area contributed by atoms with E-state index in [1.54, 1.807) is 0 Å². The van der Waals surface area contributed by atoms with Crippen LogP contribution in [0.4, 0.5) is 0 Å². The van der Waals surface area contributed by atoms with Crippen molar-refractivity contribution in [1.29, 1.82) is 0 Å². The van der Waals surface area contributed by atoms with E-state index in [-0.39, 0.29) is 24.2 Å². The molecule has 0 aliphatic rings. The molecule has 0 aliphatic carbocycles. The number of hydrogen-bond donors (Lipinski definition) is 2. The van der Waals surface area contributed by atoms with E-state index in [9.17, 15) is 4.79 Å². The molecule has 1 aromatic heterocycles. The lowest BCUT2D eigenvalue weighted by atomic mass is 10.0. The maximum Gasteiger partial charge on any atom is 0.237 e. The van der Waals surface area contributed by atoms with E-state index >= 15 is 0 Å². The molecule has 0 radical (unpaired) electrons. The van der Waals surface area contributed by atoms with Crippen molar-refractivity contribution in [3.8, 4) is 0 Å². The number of aromatic nitrogens is 2. The van der Waals surface area contributed by atoms with Crippen LogP contribution in [0.25, 0.3) is 0 Å². The van der Waals surface area contributed by atoms with Crippen LogP contribution in [0.15, 0.2) is 0 Å². The minimum atomic E-state index is -0.430. The molecule has 0 aliphatic heterocycles. The topological polar surface area (TPSA) is 72.9 Å². The molecule has 1 heterocycles. The molecule has 6 heteroatoms. The monoisotopic (exact) mass is 288 g/mol. The number of rotatable bonds is 5. The first kappa shape index (κ1) is 17.9. The largest absolute Gasteiger partial charge is 0.354 e. The number of halogens is 1. The van der Waals surface area contributed by atoms with Crippen LogP contribution < -0.4 is 11.1 Å². The highest BCUT2D eigenvalue weighted by Crippen LogP contribution is 2.11. The van der Waals surface area contributed by atoms with Gasteiger partial charge in [0.25, 0.3) is 0 Å². The summed E-state index contributed by atoms with van der Waals surface area (Å²) in [7, 11) is 1.93. The number of carbonyl (C=O) groups excluding carboxylic acids is 1. The summed E-state index contributed by atoms with van der Waals surface area (Å²) < 4.78 is 1.87. The fraction of sp³-hybridized carbons (Fsp3) is 0.692. The Bertz CT molecular complexity index is 429. The van der Waals surface area contributed by atoms with Gasteiger partial charge >= 0.3 is 0 Å². The van der Waals surface area contributed by atoms with Gasteiger partial charge in [0.05, 0.1) is 11.7 Å². The first-order valence-electron chi connectivity index (χ1n) is 6.37. The SMILES string of the molecule is Cc1nn(C)c(C)c1CCNC(=O)[C@@H](N)C(C)C.Cl. The zero-order chi connectivity index (χ0) is 13.9. The summed E-state index contributed by atoms with van der Waals surface area (Å²) in [5, 5.41) is 7.23. The van der Waals surface area contributed by atoms with Crippen molar-refractivity contribution in [2.24, 2.45) is 18.7 Å². The van der Waals surface area contributed by atoms with Crippen molar-refractivity contribution in [1.82, 2.24) is 15.1 Å². The molecule has 0 bridgehead atoms. The highest BCUT2D eigenvalue weighted by molar-refractivity contribution is 5.85. The van der Waals surface area contributed by atoms with Crippen LogP contribution in [0.3, 0.4) is 0 Å². The molecule has 0 unspecified atom stereocenters. The number of amides is 1. The maximum absolute atomic E-state index is 11.7. The van der Waals surface area contributed by atoms with Gasteiger partial charge in [0, 0.05) is 19.3 Å². The zero-order valence-electron chi connectivity index (χ0n) is 12.4. The van der Waals surface area contributed by atoms with Crippen LogP contribution >= 0.6 is 12.4 Å². The molecule has 0 fully saturated rings. The molecule has 19 heavy (non-hydrogen) atoms. The second-order valence-corrected chi connectivity index (χ2v) is 5.08. The Balaban J connectivity index is 0.00000324. The number of nitrogens with two attached hydrogens (primary N) is 1. The standard InChI is InChI=1S/C13H24N4O.ClH/c1-8(2)12(14)13(18)15-7-6-11-9(3)16-17(5)10(11)4;/h8,12H,6-7,14H2,1-5H3,(H,15,18);1H/t12-;/m0./s1. The smallest absolute Gasteiger partial charge is 0.237 e. The van der Waals surface area contributed by atoms with Crippen molar-refractivity contribution in [3.05, 3.63) is 17.0 Å². The first-order valence-corrected chi connectivity index (χ1v) is 6.37. The van der Waals surface area contributed by atoms with Crippen LogP contribution in [-0.4, -0.2) is 28.3 Å². The summed E-state index contributed by atoms with van der Waals surface area (Å²) in [6.45, 7) is 8.52. The summed E-state index contributed by atoms with van der Waals surface area (Å²) in [5.74, 6) is 0.0797. The lowest BCUT2D eigenvalue weighted by Crippen LogP contribution is -2.44. The number of nitrogens with one attached hydrogen (secondary N) is 1. The van der Waals surface area contributed by atoms with Gasteiger partial charge < -0.3 is 11.1 Å². The highest BCUT2D eigenvalue weighted by atomic mass is 35.5. The van der Waals surface area contributed by atoms with Gasteiger partial charge in [-0.05, 0) is 31.7 Å². The molecule has 1 atom stereocenters. The summed E-state index contributed by atoms with van der Waals surface area (Å²) in [4.78, 5) is 11.7. The van der Waals surface area contributed by atoms with E-state index < -0.39 is 6.04 Å². The Hall–Kier alpha value is -1.07. The fourth-order valence-electron chi connectivity index (χ4n) is 1.91. The van der Waals surface area contributed by atoms with E-state index in [1.807, 2.05) is 39.4 Å². The van der Waals surface area contributed by atoms with Gasteiger partial charge in [0.15, 0.2) is 0 Å². The van der Waals surface area contributed by atoms with Crippen LogP contribution in [-0.2, 0) is 18.3 Å². The van der Waals surface area contributed by atoms with Crippen molar-refractivity contribution in [2.75, 3.05) is 6.54 Å². The molecule has 0 saturated carbocycles. The molecule has 1 amide bonds. The van der Waals surface area contributed by atoms with Crippen molar-refractivity contribution >= 4 is 18.3 Å². The summed E-state index contributed by atoms with van der Waals surface area (Å²) in [5.41, 5.74) is 9.15. The van der Waals surface area contributed by atoms with Gasteiger partial charge in [-0.15, -0.1) is 12.4 Å². The van der Waals surface area contributed by atoms with Crippen molar-refractivity contribution < 1.29 is 4.79 Å². The van der Waals surface area contributed by atoms with Gasteiger partial charge in [-0.25, -0.2) is 0 Å². The second-order valence-electron chi connectivity index (χ2n) is 5.08. The minimum absolute atomic E-state index is 0. The molecule has 3 N–H and O–H groups in total. The lowest BCUT2D eigenvalue weighted by Gasteiger charge is -2.15. The predicted molar refractivity (Wildman–Crippen MR) is 79.5 cm³/mol. The van der Waals surface area contributed by atoms with Crippen molar-refractivity contribution in [2.45, 2.75) is 40.2 Å². The van der Waals surface area contributed by atoms with E-state index in [1.165, 1.54) is 5.56 Å². The number of hydrogen-bond acceptors (Lipinski definition) is 3. The average molecular weight is 289 g/mol. The fourth-order valence-corrected chi connectivity index (χ4v) is 1.91. The Morgan fingerprint density at radius 1 is 1.42 bits per heavy atom. The Morgan fingerprint density at radius 2 is 2.00 bits per heavy atom. The van der Waals surface area contributed by atoms with Crippen LogP contribution in [0, 0.1) is 19.8 Å². The quantitative estimate of drug-likeness (QED) is 0.852. The van der Waals surface area contributed by atoms with Gasteiger partial charge in [-0.2, -0.15) is 5.10 Å². The summed E-state index contributed by atoms with van der Waals surface area (Å²) >= 11 is 0. The van der Waals surface area contributed by atoms with Crippen molar-refractivity contribution in [3.63, 3.8) is 0 Å². The molecule has 5 nitrogen and oxygen atoms in total. The van der Waals surface area contributed by atoms with Gasteiger partial charge in [0.2, 0.25) is 5.91 Å². The predicted octanol–water partition coefficient (Wildman–Crippen LogP) is 1.10. The number of aryl methyl sites for hydroxylation is 2. The maximum atomic E-state index is 11.7. The molecular formula is C13H25ClN4O. The molecule has 0 aromatic carbocycles. The van der Waals surface area contributed by atoms with Gasteiger partial charge in [0.1, 0.15) is 0 Å². The summed E-state index contributed by atoms with van der Waals surface area (Å²) in [6.07, 6.45) is 0.794. The Kier molecular flexibility index (Phi) is 7.08. The molecular weight excluding hydrogens is 264 g/mol. The highest BCUT2D eigenvalue weighted by Gasteiger charge is 2.17. The van der Waals surface area contributed by atoms with Crippen LogP contribution in [0.1, 0.15) is 30.8 Å². The molecule has 1 rings (SSSR count). The first-order chi connectivity index (χ1) is 8.34. The molecule has 1 aromatic rings. The van der Waals surface area contributed by atoms with Crippen LogP contribution in [0.2, 0.25) is 0 Å². The normalized spacial score (nSPS) is 12.2. The van der Waals surface area contributed by atoms with E-state index in [0.29, 0.717) is 6.54 Å². The zero-order valence-corrected chi connectivity index (χ0v) is 13.2. The van der Waals surface area contributed by atoms with Gasteiger partial charge in [-0.3, -0.25) is 9.48 Å². The molecule has 0 saturated heterocycles. The van der Waals surface area contributed by atoms with Crippen LogP contribution in [0.5, 0.6) is 0 Å². The Morgan fingerprint density at radius 3 is 2.42 bits per heavy atom. The minimum Gasteiger partial charge on any atom is -0.354 e. The van der Waals surface area contributed by atoms with E-state index in [4.69, 9.17) is 5.73 Å². The lowest BCUT2D eigenvalue weighted by molar-refractivity contribution is -0.123. The molecule has 0 spiro atoms. The third-order valence-electron chi connectivity index (χ3n) is 3.35. The number of nitrogens with zero attached hydrogens (tertiary/aromatic N) is 2. The van der Waals surface area contributed by atoms with E-state index in [0.717, 1.165) is 17.8 Å². The van der Waals surface area contributed by atoms with Gasteiger partial charge in [-0.1, -0.05) is 13.8 Å². The van der Waals surface area contributed by atoms with E-state index in [2.05, 4.69) is 10.4 Å². The number of carbonyl (C=O) groups is 1. The molecule has 110 valence electrons. The Labute approximate surface area is 121 Å². The average Bonchev–Trinajstić information content (AvgIpc) is 2.54. The third kappa shape index (κ3) is 4.51. The third-order valence-corrected chi connectivity index (χ3v) is 3.35. The second kappa shape index (κ2) is 7.50. The summed E-state index contributed by atoms with van der Waals surface area (Å²) in [6, 6.07) is -0.430.